The molecule has 0 amide bonds. The molecular weight excluding hydrogens is 219 g/mol. The maximum Gasteiger partial charge on any atom is 0.0215 e. The van der Waals surface area contributed by atoms with Crippen molar-refractivity contribution in [2.24, 2.45) is 0 Å². The summed E-state index contributed by atoms with van der Waals surface area (Å²) in [7, 11) is 0. The van der Waals surface area contributed by atoms with Gasteiger partial charge in [-0.3, -0.25) is 0 Å². The van der Waals surface area contributed by atoms with E-state index in [0.29, 0.717) is 5.56 Å². The van der Waals surface area contributed by atoms with Gasteiger partial charge in [0.1, 0.15) is 0 Å². The van der Waals surface area contributed by atoms with E-state index in [1.54, 1.807) is 12.1 Å². The second-order valence-electron chi connectivity index (χ2n) is 1.79. The van der Waals surface area contributed by atoms with Crippen LogP contribution in [0.1, 0.15) is 10.4 Å². The maximum absolute atomic E-state index is 10.5. The molecule has 1 nitrogen and oxygen atoms in total. The number of Topliss-reactive ketones (excluding diaryl/α,β-unsaturated/α-hetero) is 1. The second kappa shape index (κ2) is 4.27. The van der Waals surface area contributed by atoms with Gasteiger partial charge in [0.25, 0.3) is 0 Å². The Balaban J connectivity index is 0.000000810. The Hall–Kier alpha value is -0.578. The molecule has 1 aromatic carbocycles. The Bertz CT molecular complexity index is 206. The molecule has 0 saturated carbocycles. The minimum Gasteiger partial charge on any atom is -0.332 e. The van der Waals surface area contributed by atoms with Gasteiger partial charge in [-0.15, -0.1) is 17.7 Å². The molecule has 0 bridgehead atoms. The molecule has 0 spiro atoms. The van der Waals surface area contributed by atoms with Crippen LogP contribution in [0.15, 0.2) is 30.3 Å². The topological polar surface area (TPSA) is 17.1 Å². The molecule has 10 heavy (non-hydrogen) atoms. The summed E-state index contributed by atoms with van der Waals surface area (Å²) in [4.78, 5) is 10.5. The molecule has 0 aliphatic rings. The summed E-state index contributed by atoms with van der Waals surface area (Å²) in [5, 5.41) is 0. The summed E-state index contributed by atoms with van der Waals surface area (Å²) < 4.78 is 0. The summed E-state index contributed by atoms with van der Waals surface area (Å²) in [6.07, 6.45) is 0. The zero-order valence-corrected chi connectivity index (χ0v) is 6.87. The first-order valence-corrected chi connectivity index (χ1v) is 2.72. The maximum atomic E-state index is 10.5. The van der Waals surface area contributed by atoms with Crippen LogP contribution in [0.3, 0.4) is 0 Å². The van der Waals surface area contributed by atoms with Gasteiger partial charge in [-0.25, -0.2) is 0 Å². The molecule has 0 aromatic heterocycles. The van der Waals surface area contributed by atoms with Gasteiger partial charge in [-0.05, 0) is 0 Å². The average molecular weight is 226 g/mol. The van der Waals surface area contributed by atoms with Gasteiger partial charge in [0.15, 0.2) is 0 Å². The fourth-order valence-corrected chi connectivity index (χ4v) is 0.624. The Morgan fingerprint density at radius 2 is 1.70 bits per heavy atom. The molecular formula is C8H7OPd-. The van der Waals surface area contributed by atoms with Crippen LogP contribution < -0.4 is 0 Å². The van der Waals surface area contributed by atoms with Crippen molar-refractivity contribution in [2.75, 3.05) is 0 Å². The third-order valence-corrected chi connectivity index (χ3v) is 1.10. The first-order valence-electron chi connectivity index (χ1n) is 2.72. The molecule has 0 radical (unpaired) electrons. The number of ketones is 1. The molecule has 0 saturated heterocycles. The van der Waals surface area contributed by atoms with E-state index in [1.807, 2.05) is 18.2 Å². The van der Waals surface area contributed by atoms with Crippen molar-refractivity contribution in [3.63, 3.8) is 0 Å². The fourth-order valence-electron chi connectivity index (χ4n) is 0.624. The minimum absolute atomic E-state index is 0. The second-order valence-corrected chi connectivity index (χ2v) is 1.79. The van der Waals surface area contributed by atoms with E-state index in [-0.39, 0.29) is 26.2 Å². The Morgan fingerprint density at radius 1 is 1.20 bits per heavy atom. The van der Waals surface area contributed by atoms with Crippen molar-refractivity contribution >= 4 is 5.78 Å². The molecule has 56 valence electrons. The van der Waals surface area contributed by atoms with Gasteiger partial charge in [0.2, 0.25) is 0 Å². The molecule has 0 unspecified atom stereocenters. The molecule has 0 N–H and O–H groups in total. The number of benzene rings is 1. The van der Waals surface area contributed by atoms with E-state index < -0.39 is 0 Å². The van der Waals surface area contributed by atoms with E-state index >= 15 is 0 Å². The molecule has 0 aliphatic heterocycles. The largest absolute Gasteiger partial charge is 0.332 e. The van der Waals surface area contributed by atoms with Crippen molar-refractivity contribution < 1.29 is 25.2 Å². The first kappa shape index (κ1) is 9.42. The number of rotatable bonds is 1. The van der Waals surface area contributed by atoms with Gasteiger partial charge < -0.3 is 4.79 Å². The number of hydrogen-bond acceptors (Lipinski definition) is 1. The molecule has 0 atom stereocenters. The van der Waals surface area contributed by atoms with E-state index in [4.69, 9.17) is 0 Å². The predicted molar refractivity (Wildman–Crippen MR) is 36.1 cm³/mol. The predicted octanol–water partition coefficient (Wildman–Crippen LogP) is 1.70. The summed E-state index contributed by atoms with van der Waals surface area (Å²) in [6.45, 7) is 3.27. The Morgan fingerprint density at radius 3 is 2.00 bits per heavy atom. The van der Waals surface area contributed by atoms with Crippen LogP contribution in [0, 0.1) is 6.92 Å². The van der Waals surface area contributed by atoms with Crippen molar-refractivity contribution in [3.8, 4) is 0 Å². The zero-order valence-electron chi connectivity index (χ0n) is 5.32. The van der Waals surface area contributed by atoms with E-state index in [0.717, 1.165) is 0 Å². The molecule has 0 heterocycles. The van der Waals surface area contributed by atoms with Crippen molar-refractivity contribution in [1.82, 2.24) is 0 Å². The number of carbonyl (C=O) groups excluding carboxylic acids is 1. The Kier molecular flexibility index (Phi) is 4.02. The van der Waals surface area contributed by atoms with Crippen molar-refractivity contribution in [1.29, 1.82) is 0 Å². The van der Waals surface area contributed by atoms with E-state index in [1.165, 1.54) is 0 Å². The molecule has 1 rings (SSSR count). The quantitative estimate of drug-likeness (QED) is 0.404. The van der Waals surface area contributed by atoms with Crippen LogP contribution in [0.5, 0.6) is 0 Å². The van der Waals surface area contributed by atoms with Gasteiger partial charge in [0, 0.05) is 26.2 Å². The van der Waals surface area contributed by atoms with Crippen LogP contribution in [0.4, 0.5) is 0 Å². The average Bonchev–Trinajstić information content (AvgIpc) is 1.90. The standard InChI is InChI=1S/C8H7O.Pd/c1-7(9)8-5-3-2-4-6-8;/h2-6H,1H2;/q-1;. The van der Waals surface area contributed by atoms with Crippen LogP contribution in [0.25, 0.3) is 0 Å². The minimum atomic E-state index is -0.129. The van der Waals surface area contributed by atoms with Gasteiger partial charge in [-0.1, -0.05) is 18.2 Å². The first-order chi connectivity index (χ1) is 4.30. The molecule has 0 fully saturated rings. The number of carbonyl (C=O) groups is 1. The monoisotopic (exact) mass is 225 g/mol. The summed E-state index contributed by atoms with van der Waals surface area (Å²) in [6, 6.07) is 8.99. The van der Waals surface area contributed by atoms with E-state index in [2.05, 4.69) is 6.92 Å². The van der Waals surface area contributed by atoms with Crippen LogP contribution >= 0.6 is 0 Å². The molecule has 0 aliphatic carbocycles. The third kappa shape index (κ3) is 2.35. The number of hydrogen-bond donors (Lipinski definition) is 0. The molecule has 2 heteroatoms. The van der Waals surface area contributed by atoms with Gasteiger partial charge in [-0.2, -0.15) is 6.92 Å². The van der Waals surface area contributed by atoms with Crippen molar-refractivity contribution in [2.45, 2.75) is 0 Å². The Labute approximate surface area is 74.1 Å². The fraction of sp³-hybridized carbons (Fsp3) is 0. The smallest absolute Gasteiger partial charge is 0.0215 e. The SMILES string of the molecule is [CH2-]C(=O)c1ccccc1.[Pd]. The van der Waals surface area contributed by atoms with Gasteiger partial charge in [0.05, 0.1) is 0 Å². The van der Waals surface area contributed by atoms with Crippen molar-refractivity contribution in [3.05, 3.63) is 42.8 Å². The molecule has 1 aromatic rings. The zero-order chi connectivity index (χ0) is 6.69. The third-order valence-electron chi connectivity index (χ3n) is 1.10. The van der Waals surface area contributed by atoms with Crippen LogP contribution in [0.2, 0.25) is 0 Å². The van der Waals surface area contributed by atoms with Crippen LogP contribution in [-0.4, -0.2) is 5.78 Å². The summed E-state index contributed by atoms with van der Waals surface area (Å²) >= 11 is 0. The van der Waals surface area contributed by atoms with Gasteiger partial charge >= 0.3 is 0 Å². The summed E-state index contributed by atoms with van der Waals surface area (Å²) in [5.74, 6) is -0.129. The summed E-state index contributed by atoms with van der Waals surface area (Å²) in [5.41, 5.74) is 0.664. The van der Waals surface area contributed by atoms with E-state index in [9.17, 15) is 4.79 Å². The normalized spacial score (nSPS) is 8.00. The van der Waals surface area contributed by atoms with Crippen LogP contribution in [-0.2, 0) is 20.4 Å².